The van der Waals surface area contributed by atoms with Gasteiger partial charge in [-0.3, -0.25) is 4.90 Å². The number of rotatable bonds is 4. The molecule has 2 atom stereocenters. The predicted molar refractivity (Wildman–Crippen MR) is 116 cm³/mol. The number of nitrogens with zero attached hydrogens (tertiary/aromatic N) is 4. The molecule has 0 unspecified atom stereocenters. The maximum Gasteiger partial charge on any atom is 0.115 e. The molecule has 28 heavy (non-hydrogen) atoms. The molecule has 7 heteroatoms. The predicted octanol–water partition coefficient (Wildman–Crippen LogP) is 3.85. The minimum Gasteiger partial charge on any atom is -0.376 e. The Balaban J connectivity index is 0.00000225. The van der Waals surface area contributed by atoms with Crippen molar-refractivity contribution in [3.63, 3.8) is 0 Å². The van der Waals surface area contributed by atoms with Crippen molar-refractivity contribution in [2.24, 2.45) is 0 Å². The summed E-state index contributed by atoms with van der Waals surface area (Å²) in [7, 11) is 0. The van der Waals surface area contributed by atoms with Gasteiger partial charge >= 0.3 is 0 Å². The molecular formula is C21H28Cl2N4O. The van der Waals surface area contributed by atoms with Gasteiger partial charge in [-0.1, -0.05) is 23.7 Å². The lowest BCUT2D eigenvalue weighted by Gasteiger charge is -2.46. The summed E-state index contributed by atoms with van der Waals surface area (Å²) >= 11 is 6.04. The van der Waals surface area contributed by atoms with E-state index in [0.29, 0.717) is 18.2 Å². The van der Waals surface area contributed by atoms with Gasteiger partial charge in [0.2, 0.25) is 0 Å². The minimum atomic E-state index is 0. The number of aromatic nitrogens is 2. The Bertz CT molecular complexity index is 723. The Kier molecular flexibility index (Phi) is 7.52. The zero-order valence-corrected chi connectivity index (χ0v) is 17.8. The highest BCUT2D eigenvalue weighted by molar-refractivity contribution is 6.30. The van der Waals surface area contributed by atoms with Gasteiger partial charge in [0.15, 0.2) is 0 Å². The van der Waals surface area contributed by atoms with Crippen molar-refractivity contribution in [1.82, 2.24) is 14.9 Å². The molecule has 0 spiro atoms. The molecule has 3 heterocycles. The van der Waals surface area contributed by atoms with Crippen molar-refractivity contribution >= 4 is 29.7 Å². The van der Waals surface area contributed by atoms with E-state index in [4.69, 9.17) is 16.3 Å². The highest BCUT2D eigenvalue weighted by atomic mass is 35.5. The third-order valence-electron chi connectivity index (χ3n) is 5.74. The number of piperidine rings is 1. The van der Waals surface area contributed by atoms with Crippen molar-refractivity contribution in [1.29, 1.82) is 0 Å². The van der Waals surface area contributed by atoms with Gasteiger partial charge in [0.25, 0.3) is 0 Å². The second-order valence-electron chi connectivity index (χ2n) is 7.64. The Morgan fingerprint density at radius 1 is 1.11 bits per heavy atom. The van der Waals surface area contributed by atoms with Gasteiger partial charge in [0.05, 0.1) is 30.8 Å². The maximum atomic E-state index is 6.04. The molecule has 1 aromatic heterocycles. The van der Waals surface area contributed by atoms with Crippen LogP contribution < -0.4 is 4.90 Å². The fourth-order valence-corrected chi connectivity index (χ4v) is 4.42. The Labute approximate surface area is 178 Å². The van der Waals surface area contributed by atoms with Crippen LogP contribution >= 0.6 is 24.0 Å². The Morgan fingerprint density at radius 2 is 1.79 bits per heavy atom. The molecule has 4 rings (SSSR count). The monoisotopic (exact) mass is 422 g/mol. The summed E-state index contributed by atoms with van der Waals surface area (Å²) in [6, 6.07) is 9.27. The van der Waals surface area contributed by atoms with Crippen LogP contribution in [0.4, 0.5) is 5.69 Å². The van der Waals surface area contributed by atoms with Gasteiger partial charge in [-0.25, -0.2) is 9.97 Å². The van der Waals surface area contributed by atoms with Gasteiger partial charge in [0, 0.05) is 36.7 Å². The van der Waals surface area contributed by atoms with E-state index >= 15 is 0 Å². The average Bonchev–Trinajstić information content (AvgIpc) is 2.72. The molecule has 0 N–H and O–H groups in total. The average molecular weight is 423 g/mol. The summed E-state index contributed by atoms with van der Waals surface area (Å²) in [5, 5.41) is 0.793. The number of halogens is 2. The van der Waals surface area contributed by atoms with Crippen LogP contribution in [-0.2, 0) is 11.2 Å². The second-order valence-corrected chi connectivity index (χ2v) is 8.08. The molecule has 1 aromatic carbocycles. The van der Waals surface area contributed by atoms with E-state index in [-0.39, 0.29) is 12.4 Å². The summed E-state index contributed by atoms with van der Waals surface area (Å²) in [5.74, 6) is 0. The van der Waals surface area contributed by atoms with Crippen molar-refractivity contribution < 1.29 is 4.74 Å². The summed E-state index contributed by atoms with van der Waals surface area (Å²) in [5.41, 5.74) is 2.45. The van der Waals surface area contributed by atoms with Crippen LogP contribution in [0.1, 0.15) is 25.3 Å². The van der Waals surface area contributed by atoms with Gasteiger partial charge in [0.1, 0.15) is 6.33 Å². The molecule has 2 aromatic rings. The first-order chi connectivity index (χ1) is 13.2. The van der Waals surface area contributed by atoms with Crippen LogP contribution in [0.2, 0.25) is 5.02 Å². The van der Waals surface area contributed by atoms with E-state index in [0.717, 1.165) is 43.4 Å². The number of hydrogen-bond acceptors (Lipinski definition) is 5. The van der Waals surface area contributed by atoms with Crippen LogP contribution in [0.25, 0.3) is 0 Å². The zero-order valence-electron chi connectivity index (χ0n) is 16.2. The van der Waals surface area contributed by atoms with Gasteiger partial charge in [-0.2, -0.15) is 0 Å². The first-order valence-electron chi connectivity index (χ1n) is 9.81. The normalized spacial score (nSPS) is 24.0. The number of hydrogen-bond donors (Lipinski definition) is 0. The van der Waals surface area contributed by atoms with Crippen molar-refractivity contribution in [2.45, 2.75) is 44.4 Å². The van der Waals surface area contributed by atoms with Gasteiger partial charge < -0.3 is 9.64 Å². The number of benzene rings is 1. The van der Waals surface area contributed by atoms with Crippen LogP contribution in [0.3, 0.4) is 0 Å². The first-order valence-corrected chi connectivity index (χ1v) is 10.2. The summed E-state index contributed by atoms with van der Waals surface area (Å²) in [6.07, 6.45) is 9.05. The molecule has 0 aliphatic carbocycles. The number of anilines is 1. The standard InChI is InChI=1S/C21H27ClN4O.ClH/c1-16-13-26(20(14-27-16)10-17-2-4-18(22)5-3-17)19-6-8-25(9-7-19)21-11-23-15-24-12-21;/h2-5,11-12,15-16,19-20H,6-10,13-14H2,1H3;1H/t16-,20-;/m0./s1. The molecule has 0 bridgehead atoms. The summed E-state index contributed by atoms with van der Waals surface area (Å²) in [4.78, 5) is 13.4. The minimum absolute atomic E-state index is 0. The van der Waals surface area contributed by atoms with Crippen molar-refractivity contribution in [2.75, 3.05) is 31.1 Å². The quantitative estimate of drug-likeness (QED) is 0.747. The summed E-state index contributed by atoms with van der Waals surface area (Å²) < 4.78 is 6.00. The fourth-order valence-electron chi connectivity index (χ4n) is 4.30. The van der Waals surface area contributed by atoms with Gasteiger partial charge in [-0.05, 0) is 43.9 Å². The first kappa shape index (κ1) is 21.3. The molecule has 0 amide bonds. The molecule has 152 valence electrons. The van der Waals surface area contributed by atoms with Crippen molar-refractivity contribution in [3.05, 3.63) is 53.6 Å². The van der Waals surface area contributed by atoms with E-state index in [9.17, 15) is 0 Å². The Morgan fingerprint density at radius 3 is 2.46 bits per heavy atom. The lowest BCUT2D eigenvalue weighted by Crippen LogP contribution is -2.56. The largest absolute Gasteiger partial charge is 0.376 e. The molecule has 0 saturated carbocycles. The second kappa shape index (κ2) is 9.88. The van der Waals surface area contributed by atoms with Crippen molar-refractivity contribution in [3.8, 4) is 0 Å². The fraction of sp³-hybridized carbons (Fsp3) is 0.524. The number of morpholine rings is 1. The highest BCUT2D eigenvalue weighted by Gasteiger charge is 2.34. The van der Waals surface area contributed by atoms with E-state index in [2.05, 4.69) is 38.8 Å². The third kappa shape index (κ3) is 5.15. The molecule has 2 saturated heterocycles. The Hall–Kier alpha value is -1.40. The van der Waals surface area contributed by atoms with Crippen LogP contribution in [0.5, 0.6) is 0 Å². The molecule has 5 nitrogen and oxygen atoms in total. The third-order valence-corrected chi connectivity index (χ3v) is 5.99. The van der Waals surface area contributed by atoms with Crippen LogP contribution in [-0.4, -0.2) is 59.3 Å². The SMILES string of the molecule is C[C@H]1CN(C2CCN(c3cncnc3)CC2)[C@@H](Cc2ccc(Cl)cc2)CO1.Cl. The molecular weight excluding hydrogens is 395 g/mol. The maximum absolute atomic E-state index is 6.04. The van der Waals surface area contributed by atoms with Crippen LogP contribution in [0.15, 0.2) is 43.0 Å². The molecule has 2 fully saturated rings. The molecule has 0 radical (unpaired) electrons. The lowest BCUT2D eigenvalue weighted by molar-refractivity contribution is -0.0744. The zero-order chi connectivity index (χ0) is 18.6. The summed E-state index contributed by atoms with van der Waals surface area (Å²) in [6.45, 7) is 6.10. The van der Waals surface area contributed by atoms with E-state index in [1.54, 1.807) is 6.33 Å². The van der Waals surface area contributed by atoms with E-state index < -0.39 is 0 Å². The number of ether oxygens (including phenoxy) is 1. The van der Waals surface area contributed by atoms with E-state index in [1.807, 2.05) is 24.5 Å². The van der Waals surface area contributed by atoms with Crippen LogP contribution in [0, 0.1) is 0 Å². The molecule has 2 aliphatic heterocycles. The smallest absolute Gasteiger partial charge is 0.115 e. The highest BCUT2D eigenvalue weighted by Crippen LogP contribution is 2.27. The lowest BCUT2D eigenvalue weighted by atomic mass is 9.96. The topological polar surface area (TPSA) is 41.5 Å². The van der Waals surface area contributed by atoms with Gasteiger partial charge in [-0.15, -0.1) is 12.4 Å². The van der Waals surface area contributed by atoms with E-state index in [1.165, 1.54) is 18.4 Å². The molecule has 2 aliphatic rings.